The number of halogens is 1. The van der Waals surface area contributed by atoms with Crippen LogP contribution in [0.5, 0.6) is 0 Å². The highest BCUT2D eigenvalue weighted by Gasteiger charge is 2.42. The van der Waals surface area contributed by atoms with E-state index in [0.29, 0.717) is 0 Å². The number of hydrogen-bond acceptors (Lipinski definition) is 3. The molecule has 0 heterocycles. The molecule has 2 unspecified atom stereocenters. The first-order valence-electron chi connectivity index (χ1n) is 4.95. The number of Topliss-reactive ketones (excluding diaryl/α,β-unsaturated/α-hetero) is 1. The van der Waals surface area contributed by atoms with Gasteiger partial charge in [-0.15, -0.1) is 0 Å². The molecular formula is C11H10ClNO3. The van der Waals surface area contributed by atoms with E-state index in [9.17, 15) is 14.9 Å². The molecule has 0 saturated heterocycles. The van der Waals surface area contributed by atoms with Gasteiger partial charge in [-0.3, -0.25) is 14.9 Å². The summed E-state index contributed by atoms with van der Waals surface area (Å²) in [6.07, 6.45) is 0.786. The van der Waals surface area contributed by atoms with Crippen LogP contribution >= 0.6 is 11.6 Å². The second-order valence-corrected chi connectivity index (χ2v) is 4.43. The fourth-order valence-electron chi connectivity index (χ4n) is 1.91. The van der Waals surface area contributed by atoms with E-state index >= 15 is 0 Å². The van der Waals surface area contributed by atoms with Crippen molar-refractivity contribution in [2.75, 3.05) is 0 Å². The Labute approximate surface area is 97.4 Å². The van der Waals surface area contributed by atoms with Crippen molar-refractivity contribution < 1.29 is 9.72 Å². The molecule has 1 aliphatic carbocycles. The third kappa shape index (κ3) is 1.93. The van der Waals surface area contributed by atoms with Gasteiger partial charge in [0.15, 0.2) is 0 Å². The van der Waals surface area contributed by atoms with Crippen LogP contribution in [0.1, 0.15) is 24.8 Å². The SMILES string of the molecule is CC(=O)C1CC1c1ccc(Cl)c([N+](=O)[O-])c1. The van der Waals surface area contributed by atoms with Gasteiger partial charge in [-0.05, 0) is 30.9 Å². The van der Waals surface area contributed by atoms with Gasteiger partial charge in [-0.1, -0.05) is 17.7 Å². The Kier molecular flexibility index (Phi) is 2.68. The second kappa shape index (κ2) is 3.87. The number of nitro groups is 1. The molecule has 4 nitrogen and oxygen atoms in total. The van der Waals surface area contributed by atoms with E-state index in [1.54, 1.807) is 13.0 Å². The van der Waals surface area contributed by atoms with Gasteiger partial charge in [-0.2, -0.15) is 0 Å². The van der Waals surface area contributed by atoms with Crippen LogP contribution in [0.25, 0.3) is 0 Å². The maximum atomic E-state index is 11.1. The fraction of sp³-hybridized carbons (Fsp3) is 0.364. The molecule has 0 spiro atoms. The minimum Gasteiger partial charge on any atom is -0.300 e. The van der Waals surface area contributed by atoms with Crippen molar-refractivity contribution >= 4 is 23.1 Å². The van der Waals surface area contributed by atoms with E-state index in [2.05, 4.69) is 0 Å². The summed E-state index contributed by atoms with van der Waals surface area (Å²) in [6.45, 7) is 1.55. The van der Waals surface area contributed by atoms with E-state index in [0.717, 1.165) is 12.0 Å². The van der Waals surface area contributed by atoms with Crippen LogP contribution < -0.4 is 0 Å². The molecule has 0 radical (unpaired) electrons. The van der Waals surface area contributed by atoms with E-state index in [4.69, 9.17) is 11.6 Å². The van der Waals surface area contributed by atoms with Gasteiger partial charge in [-0.25, -0.2) is 0 Å². The molecule has 1 aromatic carbocycles. The van der Waals surface area contributed by atoms with Crippen molar-refractivity contribution in [1.82, 2.24) is 0 Å². The van der Waals surface area contributed by atoms with Crippen molar-refractivity contribution in [2.24, 2.45) is 5.92 Å². The van der Waals surface area contributed by atoms with Crippen LogP contribution in [0, 0.1) is 16.0 Å². The van der Waals surface area contributed by atoms with Crippen molar-refractivity contribution in [2.45, 2.75) is 19.3 Å². The molecule has 84 valence electrons. The van der Waals surface area contributed by atoms with Crippen molar-refractivity contribution in [3.05, 3.63) is 38.9 Å². The Morgan fingerprint density at radius 2 is 2.25 bits per heavy atom. The molecule has 16 heavy (non-hydrogen) atoms. The lowest BCUT2D eigenvalue weighted by atomic mass is 10.1. The number of nitro benzene ring substituents is 1. The number of nitrogens with zero attached hydrogens (tertiary/aromatic N) is 1. The van der Waals surface area contributed by atoms with E-state index < -0.39 is 4.92 Å². The van der Waals surface area contributed by atoms with Gasteiger partial charge in [0.05, 0.1) is 4.92 Å². The monoisotopic (exact) mass is 239 g/mol. The summed E-state index contributed by atoms with van der Waals surface area (Å²) in [4.78, 5) is 21.3. The second-order valence-electron chi connectivity index (χ2n) is 4.03. The Morgan fingerprint density at radius 1 is 1.56 bits per heavy atom. The fourth-order valence-corrected chi connectivity index (χ4v) is 2.10. The van der Waals surface area contributed by atoms with Crippen LogP contribution in [-0.4, -0.2) is 10.7 Å². The third-order valence-corrected chi connectivity index (χ3v) is 3.23. The number of hydrogen-bond donors (Lipinski definition) is 0. The predicted molar refractivity (Wildman–Crippen MR) is 59.6 cm³/mol. The maximum absolute atomic E-state index is 11.1. The standard InChI is InChI=1S/C11H10ClNO3/c1-6(14)8-5-9(8)7-2-3-10(12)11(4-7)13(15)16/h2-4,8-9H,5H2,1H3. The summed E-state index contributed by atoms with van der Waals surface area (Å²) in [6, 6.07) is 4.74. The number of carbonyl (C=O) groups is 1. The third-order valence-electron chi connectivity index (χ3n) is 2.91. The molecular weight excluding hydrogens is 230 g/mol. The Hall–Kier alpha value is -1.42. The molecule has 0 bridgehead atoms. The van der Waals surface area contributed by atoms with Gasteiger partial charge in [0.25, 0.3) is 5.69 Å². The van der Waals surface area contributed by atoms with Gasteiger partial charge in [0, 0.05) is 12.0 Å². The van der Waals surface area contributed by atoms with Crippen molar-refractivity contribution in [1.29, 1.82) is 0 Å². The van der Waals surface area contributed by atoms with Crippen LogP contribution in [-0.2, 0) is 4.79 Å². The van der Waals surface area contributed by atoms with E-state index in [1.165, 1.54) is 12.1 Å². The number of ketones is 1. The summed E-state index contributed by atoms with van der Waals surface area (Å²) >= 11 is 5.71. The number of rotatable bonds is 3. The zero-order chi connectivity index (χ0) is 11.9. The molecule has 1 aromatic rings. The molecule has 0 aliphatic heterocycles. The molecule has 0 amide bonds. The lowest BCUT2D eigenvalue weighted by molar-refractivity contribution is -0.384. The summed E-state index contributed by atoms with van der Waals surface area (Å²) in [5.74, 6) is 0.303. The topological polar surface area (TPSA) is 60.2 Å². The minimum absolute atomic E-state index is 0.0285. The first-order chi connectivity index (χ1) is 7.50. The average Bonchev–Trinajstić information content (AvgIpc) is 2.97. The van der Waals surface area contributed by atoms with Crippen LogP contribution in [0.2, 0.25) is 5.02 Å². The number of benzene rings is 1. The van der Waals surface area contributed by atoms with Gasteiger partial charge in [0.1, 0.15) is 10.8 Å². The first kappa shape index (κ1) is 11.1. The summed E-state index contributed by atoms with van der Waals surface area (Å²) in [5, 5.41) is 10.8. The molecule has 0 N–H and O–H groups in total. The van der Waals surface area contributed by atoms with Gasteiger partial charge < -0.3 is 0 Å². The Bertz CT molecular complexity index is 472. The van der Waals surface area contributed by atoms with Crippen LogP contribution in [0.3, 0.4) is 0 Å². The molecule has 1 aliphatic rings. The number of carbonyl (C=O) groups excluding carboxylic acids is 1. The lowest BCUT2D eigenvalue weighted by Crippen LogP contribution is -1.96. The van der Waals surface area contributed by atoms with Crippen LogP contribution in [0.4, 0.5) is 5.69 Å². The zero-order valence-corrected chi connectivity index (χ0v) is 9.40. The van der Waals surface area contributed by atoms with Crippen molar-refractivity contribution in [3.63, 3.8) is 0 Å². The highest BCUT2D eigenvalue weighted by molar-refractivity contribution is 6.32. The summed E-state index contributed by atoms with van der Waals surface area (Å²) in [7, 11) is 0. The highest BCUT2D eigenvalue weighted by Crippen LogP contribution is 2.49. The molecule has 2 rings (SSSR count). The Balaban J connectivity index is 2.28. The Morgan fingerprint density at radius 3 is 2.75 bits per heavy atom. The maximum Gasteiger partial charge on any atom is 0.288 e. The molecule has 0 aromatic heterocycles. The van der Waals surface area contributed by atoms with Gasteiger partial charge >= 0.3 is 0 Å². The lowest BCUT2D eigenvalue weighted by Gasteiger charge is -2.00. The summed E-state index contributed by atoms with van der Waals surface area (Å²) in [5.41, 5.74) is 0.740. The van der Waals surface area contributed by atoms with E-state index in [1.807, 2.05) is 0 Å². The largest absolute Gasteiger partial charge is 0.300 e. The molecule has 1 fully saturated rings. The minimum atomic E-state index is -0.503. The quantitative estimate of drug-likeness (QED) is 0.602. The van der Waals surface area contributed by atoms with Gasteiger partial charge in [0.2, 0.25) is 0 Å². The highest BCUT2D eigenvalue weighted by atomic mass is 35.5. The predicted octanol–water partition coefficient (Wildman–Crippen LogP) is 2.94. The molecule has 5 heteroatoms. The van der Waals surface area contributed by atoms with Crippen LogP contribution in [0.15, 0.2) is 18.2 Å². The smallest absolute Gasteiger partial charge is 0.288 e. The molecule has 2 atom stereocenters. The van der Waals surface area contributed by atoms with E-state index in [-0.39, 0.29) is 28.3 Å². The summed E-state index contributed by atoms with van der Waals surface area (Å²) < 4.78 is 0. The first-order valence-corrected chi connectivity index (χ1v) is 5.33. The molecule has 1 saturated carbocycles. The zero-order valence-electron chi connectivity index (χ0n) is 8.64. The average molecular weight is 240 g/mol. The van der Waals surface area contributed by atoms with Crippen molar-refractivity contribution in [3.8, 4) is 0 Å². The normalized spacial score (nSPS) is 22.9.